The van der Waals surface area contributed by atoms with E-state index in [4.69, 9.17) is 0 Å². The van der Waals surface area contributed by atoms with E-state index in [1.165, 1.54) is 22.8 Å². The molecular formula is C26H26F4N6OS. The van der Waals surface area contributed by atoms with Crippen molar-refractivity contribution in [3.05, 3.63) is 64.9 Å². The fraction of sp³-hybridized carbons (Fsp3) is 0.346. The third-order valence-electron chi connectivity index (χ3n) is 6.53. The second-order valence-corrected chi connectivity index (χ2v) is 10.4. The van der Waals surface area contributed by atoms with Gasteiger partial charge in [-0.25, -0.2) is 4.39 Å². The Balaban J connectivity index is 1.41. The number of rotatable bonds is 7. The Hall–Kier alpha value is -3.51. The lowest BCUT2D eigenvalue weighted by Crippen LogP contribution is -2.36. The average Bonchev–Trinajstić information content (AvgIpc) is 3.48. The molecule has 0 radical (unpaired) electrons. The maximum absolute atomic E-state index is 13.6. The number of benzene rings is 2. The van der Waals surface area contributed by atoms with Crippen LogP contribution in [0.1, 0.15) is 28.2 Å². The van der Waals surface area contributed by atoms with Crippen molar-refractivity contribution in [1.82, 2.24) is 25.0 Å². The van der Waals surface area contributed by atoms with Crippen LogP contribution in [-0.2, 0) is 13.1 Å². The Labute approximate surface area is 220 Å². The molecule has 1 fully saturated rings. The first-order chi connectivity index (χ1) is 18.2. The van der Waals surface area contributed by atoms with Crippen molar-refractivity contribution in [1.29, 1.82) is 0 Å². The first-order valence-electron chi connectivity index (χ1n) is 12.2. The summed E-state index contributed by atoms with van der Waals surface area (Å²) in [7, 11) is 2.07. The van der Waals surface area contributed by atoms with Gasteiger partial charge in [0.2, 0.25) is 0 Å². The van der Waals surface area contributed by atoms with Gasteiger partial charge in [0, 0.05) is 22.7 Å². The summed E-state index contributed by atoms with van der Waals surface area (Å²) in [4.78, 5) is 14.6. The maximum atomic E-state index is 13.6. The number of alkyl halides is 3. The molecule has 4 aromatic rings. The van der Waals surface area contributed by atoms with E-state index >= 15 is 0 Å². The van der Waals surface area contributed by atoms with Crippen LogP contribution in [0.25, 0.3) is 21.6 Å². The first-order valence-corrected chi connectivity index (χ1v) is 13.0. The number of halogens is 4. The van der Waals surface area contributed by atoms with Gasteiger partial charge in [0.25, 0.3) is 5.91 Å². The van der Waals surface area contributed by atoms with Gasteiger partial charge in [-0.2, -0.15) is 13.2 Å². The Morgan fingerprint density at radius 3 is 2.61 bits per heavy atom. The highest BCUT2D eigenvalue weighted by molar-refractivity contribution is 7.14. The number of nitrogens with one attached hydrogen (secondary N) is 2. The van der Waals surface area contributed by atoms with Crippen molar-refractivity contribution >= 4 is 33.8 Å². The minimum Gasteiger partial charge on any atom is -0.382 e. The molecule has 0 bridgehead atoms. The summed E-state index contributed by atoms with van der Waals surface area (Å²) in [6, 6.07) is 12.5. The van der Waals surface area contributed by atoms with Crippen LogP contribution in [0, 0.1) is 5.82 Å². The van der Waals surface area contributed by atoms with Crippen LogP contribution in [-0.4, -0.2) is 57.9 Å². The molecule has 0 spiro atoms. The quantitative estimate of drug-likeness (QED) is 0.308. The fourth-order valence-electron chi connectivity index (χ4n) is 4.63. The number of amides is 1. The third kappa shape index (κ3) is 5.97. The number of aromatic nitrogens is 3. The summed E-state index contributed by atoms with van der Waals surface area (Å²) >= 11 is 1.10. The van der Waals surface area contributed by atoms with E-state index < -0.39 is 24.4 Å². The summed E-state index contributed by atoms with van der Waals surface area (Å²) in [5.74, 6) is -1.02. The minimum atomic E-state index is -4.44. The van der Waals surface area contributed by atoms with Gasteiger partial charge in [-0.1, -0.05) is 23.5 Å². The molecule has 12 heteroatoms. The molecule has 0 unspecified atom stereocenters. The van der Waals surface area contributed by atoms with Gasteiger partial charge >= 0.3 is 6.18 Å². The number of hydrogen-bond acceptors (Lipinski definition) is 6. The molecule has 1 amide bonds. The van der Waals surface area contributed by atoms with E-state index in [1.807, 2.05) is 6.07 Å². The molecule has 2 aromatic heterocycles. The van der Waals surface area contributed by atoms with E-state index in [1.54, 1.807) is 18.2 Å². The number of nitrogens with zero attached hydrogens (tertiary/aromatic N) is 4. The smallest absolute Gasteiger partial charge is 0.382 e. The number of piperidine rings is 1. The monoisotopic (exact) mass is 546 g/mol. The molecule has 3 heterocycles. The van der Waals surface area contributed by atoms with Crippen LogP contribution < -0.4 is 10.6 Å². The number of carbonyl (C=O) groups is 1. The van der Waals surface area contributed by atoms with E-state index in [0.29, 0.717) is 26.6 Å². The first kappa shape index (κ1) is 26.1. The highest BCUT2D eigenvalue weighted by Gasteiger charge is 2.31. The summed E-state index contributed by atoms with van der Waals surface area (Å²) in [5.41, 5.74) is 1.69. The number of hydrogen-bond donors (Lipinski definition) is 2. The Kier molecular flexibility index (Phi) is 7.35. The maximum Gasteiger partial charge on any atom is 0.406 e. The van der Waals surface area contributed by atoms with Crippen molar-refractivity contribution in [3.8, 4) is 10.7 Å². The average molecular weight is 547 g/mol. The van der Waals surface area contributed by atoms with Crippen molar-refractivity contribution in [2.24, 2.45) is 0 Å². The van der Waals surface area contributed by atoms with Crippen LogP contribution >= 0.6 is 11.3 Å². The fourth-order valence-corrected chi connectivity index (χ4v) is 5.43. The van der Waals surface area contributed by atoms with Crippen molar-refractivity contribution in [3.63, 3.8) is 0 Å². The van der Waals surface area contributed by atoms with Crippen molar-refractivity contribution < 1.29 is 22.4 Å². The van der Waals surface area contributed by atoms with Crippen molar-refractivity contribution in [2.45, 2.75) is 38.1 Å². The molecule has 2 aromatic carbocycles. The van der Waals surface area contributed by atoms with Gasteiger partial charge in [0.15, 0.2) is 5.01 Å². The Morgan fingerprint density at radius 1 is 1.11 bits per heavy atom. The molecule has 2 N–H and O–H groups in total. The molecule has 1 aliphatic heterocycles. The lowest BCUT2D eigenvalue weighted by Gasteiger charge is -2.30. The second-order valence-electron chi connectivity index (χ2n) is 9.39. The molecule has 0 aliphatic carbocycles. The third-order valence-corrected chi connectivity index (χ3v) is 7.48. The van der Waals surface area contributed by atoms with Gasteiger partial charge in [-0.05, 0) is 69.4 Å². The van der Waals surface area contributed by atoms with Gasteiger partial charge in [0.05, 0.1) is 17.8 Å². The lowest BCUT2D eigenvalue weighted by molar-refractivity contribution is -0.139. The van der Waals surface area contributed by atoms with Crippen LogP contribution in [0.15, 0.2) is 48.5 Å². The topological polar surface area (TPSA) is 75.1 Å². The number of fused-ring (bicyclic) bond motifs is 1. The largest absolute Gasteiger partial charge is 0.406 e. The van der Waals surface area contributed by atoms with E-state index in [9.17, 15) is 22.4 Å². The van der Waals surface area contributed by atoms with Crippen molar-refractivity contribution in [2.75, 3.05) is 25.5 Å². The molecule has 0 atom stereocenters. The van der Waals surface area contributed by atoms with Crippen LogP contribution in [0.3, 0.4) is 0 Å². The number of anilines is 1. The molecule has 200 valence electrons. The second kappa shape index (κ2) is 10.7. The predicted molar refractivity (Wildman–Crippen MR) is 139 cm³/mol. The normalized spacial score (nSPS) is 15.2. The van der Waals surface area contributed by atoms with E-state index in [2.05, 4.69) is 32.8 Å². The van der Waals surface area contributed by atoms with E-state index in [-0.39, 0.29) is 18.2 Å². The number of likely N-dealkylation sites (tertiary alicyclic amines) is 1. The van der Waals surface area contributed by atoms with Gasteiger partial charge < -0.3 is 20.1 Å². The highest BCUT2D eigenvalue weighted by atomic mass is 32.1. The molecule has 0 saturated carbocycles. The lowest BCUT2D eigenvalue weighted by atomic mass is 10.0. The Morgan fingerprint density at radius 2 is 1.87 bits per heavy atom. The zero-order valence-electron chi connectivity index (χ0n) is 20.6. The summed E-state index contributed by atoms with van der Waals surface area (Å²) in [5, 5.41) is 15.8. The zero-order valence-corrected chi connectivity index (χ0v) is 21.4. The molecular weight excluding hydrogens is 520 g/mol. The Bertz CT molecular complexity index is 1440. The number of carbonyl (C=O) groups excluding carboxylic acids is 1. The van der Waals surface area contributed by atoms with E-state index in [0.717, 1.165) is 49.0 Å². The minimum absolute atomic E-state index is 0.00937. The summed E-state index contributed by atoms with van der Waals surface area (Å²) < 4.78 is 55.5. The van der Waals surface area contributed by atoms with Crippen LogP contribution in [0.2, 0.25) is 0 Å². The zero-order chi connectivity index (χ0) is 26.9. The molecule has 38 heavy (non-hydrogen) atoms. The van der Waals surface area contributed by atoms with Gasteiger partial charge in [-0.15, -0.1) is 10.2 Å². The molecule has 7 nitrogen and oxygen atoms in total. The SMILES string of the molecule is CN1CCC(Nc2cccc3c2cc(-c2nnc(CNC(=O)c4cccc(F)c4)s2)n3CC(F)(F)F)CC1. The van der Waals surface area contributed by atoms with Crippen LogP contribution in [0.5, 0.6) is 0 Å². The van der Waals surface area contributed by atoms with Crippen LogP contribution in [0.4, 0.5) is 23.2 Å². The predicted octanol–water partition coefficient (Wildman–Crippen LogP) is 5.30. The van der Waals surface area contributed by atoms with Gasteiger partial charge in [-0.3, -0.25) is 4.79 Å². The molecule has 5 rings (SSSR count). The standard InChI is InChI=1S/C26H26F4N6OS/c1-35-10-8-18(9-11-35)32-20-6-3-7-21-19(20)13-22(36(21)15-26(28,29)30)25-34-33-23(38-25)14-31-24(37)16-4-2-5-17(27)12-16/h2-7,12-13,18,32H,8-11,14-15H2,1H3,(H,31,37). The molecule has 1 aliphatic rings. The highest BCUT2D eigenvalue weighted by Crippen LogP contribution is 2.36. The summed E-state index contributed by atoms with van der Waals surface area (Å²) in [6.07, 6.45) is -2.54. The van der Waals surface area contributed by atoms with Gasteiger partial charge in [0.1, 0.15) is 17.4 Å². The summed E-state index contributed by atoms with van der Waals surface area (Å²) in [6.45, 7) is 0.749. The molecule has 1 saturated heterocycles.